The van der Waals surface area contributed by atoms with Crippen LogP contribution in [-0.4, -0.2) is 34.5 Å². The van der Waals surface area contributed by atoms with Gasteiger partial charge in [-0.15, -0.1) is 0 Å². The molecule has 2 aromatic heterocycles. The SMILES string of the molecule is CNc1nccc(-c2[nH]c3c(c2Nc2cccc(F)c2C)C(=O)NCC3)n1. The second kappa shape index (κ2) is 6.71. The first-order valence-electron chi connectivity index (χ1n) is 8.65. The van der Waals surface area contributed by atoms with Crippen molar-refractivity contribution >= 4 is 23.2 Å². The third kappa shape index (κ3) is 2.99. The number of nitrogens with zero attached hydrogens (tertiary/aromatic N) is 2. The highest BCUT2D eigenvalue weighted by molar-refractivity contribution is 6.06. The molecule has 27 heavy (non-hydrogen) atoms. The van der Waals surface area contributed by atoms with Gasteiger partial charge in [0.05, 0.1) is 22.6 Å². The van der Waals surface area contributed by atoms with Crippen LogP contribution in [-0.2, 0) is 6.42 Å². The lowest BCUT2D eigenvalue weighted by atomic mass is 10.1. The van der Waals surface area contributed by atoms with Crippen molar-refractivity contribution in [1.29, 1.82) is 0 Å². The second-order valence-electron chi connectivity index (χ2n) is 6.29. The minimum absolute atomic E-state index is 0.168. The van der Waals surface area contributed by atoms with Crippen LogP contribution in [0.2, 0.25) is 0 Å². The quantitative estimate of drug-likeness (QED) is 0.569. The van der Waals surface area contributed by atoms with E-state index in [4.69, 9.17) is 0 Å². The molecule has 0 saturated carbocycles. The number of nitrogens with one attached hydrogen (secondary N) is 4. The van der Waals surface area contributed by atoms with Crippen molar-refractivity contribution < 1.29 is 9.18 Å². The van der Waals surface area contributed by atoms with Gasteiger partial charge in [-0.2, -0.15) is 0 Å². The molecule has 0 bridgehead atoms. The first kappa shape index (κ1) is 17.0. The Bertz CT molecular complexity index is 1030. The van der Waals surface area contributed by atoms with Crippen LogP contribution in [0.15, 0.2) is 30.5 Å². The van der Waals surface area contributed by atoms with Gasteiger partial charge in [0.1, 0.15) is 5.82 Å². The van der Waals surface area contributed by atoms with Gasteiger partial charge in [0.25, 0.3) is 5.91 Å². The number of rotatable bonds is 4. The third-order valence-electron chi connectivity index (χ3n) is 4.63. The maximum Gasteiger partial charge on any atom is 0.255 e. The van der Waals surface area contributed by atoms with Crippen LogP contribution in [0.25, 0.3) is 11.4 Å². The Labute approximate surface area is 155 Å². The van der Waals surface area contributed by atoms with Gasteiger partial charge in [-0.3, -0.25) is 4.79 Å². The van der Waals surface area contributed by atoms with Gasteiger partial charge in [0.15, 0.2) is 0 Å². The number of benzene rings is 1. The highest BCUT2D eigenvalue weighted by atomic mass is 19.1. The summed E-state index contributed by atoms with van der Waals surface area (Å²) in [5, 5.41) is 9.01. The fourth-order valence-corrected chi connectivity index (χ4v) is 3.19. The van der Waals surface area contributed by atoms with E-state index >= 15 is 0 Å². The van der Waals surface area contributed by atoms with Crippen LogP contribution in [0.3, 0.4) is 0 Å². The predicted octanol–water partition coefficient (Wildman–Crippen LogP) is 2.99. The number of hydrogen-bond acceptors (Lipinski definition) is 5. The number of carbonyl (C=O) groups excluding carboxylic acids is 1. The number of carbonyl (C=O) groups is 1. The first-order valence-corrected chi connectivity index (χ1v) is 8.65. The summed E-state index contributed by atoms with van der Waals surface area (Å²) in [6.07, 6.45) is 2.33. The number of fused-ring (bicyclic) bond motifs is 1. The molecule has 138 valence electrons. The maximum absolute atomic E-state index is 14.0. The predicted molar refractivity (Wildman–Crippen MR) is 102 cm³/mol. The number of aromatic amines is 1. The van der Waals surface area contributed by atoms with E-state index in [2.05, 4.69) is 30.9 Å². The molecule has 7 nitrogen and oxygen atoms in total. The van der Waals surface area contributed by atoms with Gasteiger partial charge in [0.2, 0.25) is 5.95 Å². The number of halogens is 1. The molecule has 3 heterocycles. The molecule has 0 spiro atoms. The fraction of sp³-hybridized carbons (Fsp3) is 0.211. The number of anilines is 3. The van der Waals surface area contributed by atoms with E-state index in [0.29, 0.717) is 52.8 Å². The Kier molecular flexibility index (Phi) is 4.23. The zero-order chi connectivity index (χ0) is 19.0. The molecule has 4 N–H and O–H groups in total. The van der Waals surface area contributed by atoms with Crippen molar-refractivity contribution in [2.24, 2.45) is 0 Å². The summed E-state index contributed by atoms with van der Waals surface area (Å²) in [5.41, 5.74) is 4.32. The molecule has 1 aromatic carbocycles. The van der Waals surface area contributed by atoms with Crippen molar-refractivity contribution in [3.63, 3.8) is 0 Å². The molecular weight excluding hydrogens is 347 g/mol. The summed E-state index contributed by atoms with van der Waals surface area (Å²) in [5.74, 6) is -0.00878. The van der Waals surface area contributed by atoms with Crippen LogP contribution < -0.4 is 16.0 Å². The fourth-order valence-electron chi connectivity index (χ4n) is 3.19. The zero-order valence-corrected chi connectivity index (χ0v) is 15.0. The van der Waals surface area contributed by atoms with Crippen LogP contribution in [0, 0.1) is 12.7 Å². The van der Waals surface area contributed by atoms with Crippen LogP contribution in [0.5, 0.6) is 0 Å². The number of hydrogen-bond donors (Lipinski definition) is 4. The third-order valence-corrected chi connectivity index (χ3v) is 4.63. The summed E-state index contributed by atoms with van der Waals surface area (Å²) < 4.78 is 14.0. The molecule has 0 radical (unpaired) electrons. The minimum atomic E-state index is -0.310. The molecule has 8 heteroatoms. The van der Waals surface area contributed by atoms with Gasteiger partial charge in [-0.05, 0) is 25.1 Å². The Balaban J connectivity index is 1.89. The van der Waals surface area contributed by atoms with E-state index in [9.17, 15) is 9.18 Å². The highest BCUT2D eigenvalue weighted by Crippen LogP contribution is 2.37. The van der Waals surface area contributed by atoms with Crippen LogP contribution >= 0.6 is 0 Å². The molecule has 0 fully saturated rings. The van der Waals surface area contributed by atoms with Crippen molar-refractivity contribution in [2.45, 2.75) is 13.3 Å². The molecule has 0 unspecified atom stereocenters. The van der Waals surface area contributed by atoms with Gasteiger partial charge in [-0.1, -0.05) is 6.07 Å². The van der Waals surface area contributed by atoms with Gasteiger partial charge < -0.3 is 20.9 Å². The lowest BCUT2D eigenvalue weighted by Gasteiger charge is -2.16. The van der Waals surface area contributed by atoms with Crippen molar-refractivity contribution in [2.75, 3.05) is 24.2 Å². The van der Waals surface area contributed by atoms with E-state index in [1.807, 2.05) is 0 Å². The lowest BCUT2D eigenvalue weighted by Crippen LogP contribution is -2.31. The molecule has 4 rings (SSSR count). The molecule has 3 aromatic rings. The van der Waals surface area contributed by atoms with Gasteiger partial charge >= 0.3 is 0 Å². The molecule has 0 atom stereocenters. The largest absolute Gasteiger partial charge is 0.357 e. The van der Waals surface area contributed by atoms with E-state index in [1.165, 1.54) is 6.07 Å². The minimum Gasteiger partial charge on any atom is -0.357 e. The van der Waals surface area contributed by atoms with E-state index < -0.39 is 0 Å². The normalized spacial score (nSPS) is 13.1. The monoisotopic (exact) mass is 366 g/mol. The standard InChI is InChI=1S/C19H19FN6O/c1-10-11(20)4-3-5-12(10)24-17-15-13(6-8-22-18(15)27)25-16(17)14-7-9-23-19(21-2)26-14/h3-5,7,9,24-25H,6,8H2,1-2H3,(H,22,27)(H,21,23,26). The smallest absolute Gasteiger partial charge is 0.255 e. The van der Waals surface area contributed by atoms with Crippen LogP contribution in [0.1, 0.15) is 21.6 Å². The highest BCUT2D eigenvalue weighted by Gasteiger charge is 2.27. The summed E-state index contributed by atoms with van der Waals surface area (Å²) >= 11 is 0. The number of amides is 1. The van der Waals surface area contributed by atoms with Gasteiger partial charge in [0, 0.05) is 43.2 Å². The number of aromatic nitrogens is 3. The van der Waals surface area contributed by atoms with Crippen molar-refractivity contribution in [1.82, 2.24) is 20.3 Å². The zero-order valence-electron chi connectivity index (χ0n) is 15.0. The first-order chi connectivity index (χ1) is 13.1. The average molecular weight is 366 g/mol. The summed E-state index contributed by atoms with van der Waals surface area (Å²) in [6, 6.07) is 6.58. The van der Waals surface area contributed by atoms with Crippen molar-refractivity contribution in [3.8, 4) is 11.4 Å². The van der Waals surface area contributed by atoms with E-state index in [0.717, 1.165) is 5.69 Å². The second-order valence-corrected chi connectivity index (χ2v) is 6.29. The summed E-state index contributed by atoms with van der Waals surface area (Å²) in [7, 11) is 1.74. The Morgan fingerprint density at radius 3 is 2.93 bits per heavy atom. The summed E-state index contributed by atoms with van der Waals surface area (Å²) in [6.45, 7) is 2.26. The Morgan fingerprint density at radius 2 is 2.11 bits per heavy atom. The summed E-state index contributed by atoms with van der Waals surface area (Å²) in [4.78, 5) is 24.5. The molecule has 0 saturated heterocycles. The Hall–Kier alpha value is -3.42. The maximum atomic E-state index is 14.0. The molecule has 1 amide bonds. The van der Waals surface area contributed by atoms with Crippen molar-refractivity contribution in [3.05, 3.63) is 53.1 Å². The van der Waals surface area contributed by atoms with E-state index in [1.54, 1.807) is 38.4 Å². The topological polar surface area (TPSA) is 94.7 Å². The molecule has 1 aliphatic rings. The Morgan fingerprint density at radius 1 is 1.26 bits per heavy atom. The molecular formula is C19H19FN6O. The lowest BCUT2D eigenvalue weighted by molar-refractivity contribution is 0.0947. The van der Waals surface area contributed by atoms with Crippen LogP contribution in [0.4, 0.5) is 21.7 Å². The molecule has 1 aliphatic heterocycles. The number of H-pyrrole nitrogens is 1. The van der Waals surface area contributed by atoms with E-state index in [-0.39, 0.29) is 11.7 Å². The van der Waals surface area contributed by atoms with Gasteiger partial charge in [-0.25, -0.2) is 14.4 Å². The average Bonchev–Trinajstić information content (AvgIpc) is 3.05. The molecule has 0 aliphatic carbocycles.